The lowest BCUT2D eigenvalue weighted by molar-refractivity contribution is -1.02. The minimum absolute atomic E-state index is 0. The molecule has 0 saturated carbocycles. The Kier molecular flexibility index (Phi) is 9.31. The topological polar surface area (TPSA) is 58.5 Å². The highest BCUT2D eigenvalue weighted by Gasteiger charge is 2.42. The molecule has 0 aliphatic carbocycles. The number of hydrogen-bond donors (Lipinski definition) is 2. The van der Waals surface area contributed by atoms with Crippen LogP contribution < -0.4 is 46.1 Å². The summed E-state index contributed by atoms with van der Waals surface area (Å²) in [5.74, 6) is 0. The molecule has 8 heteroatoms. The monoisotopic (exact) mass is 534 g/mol. The highest BCUT2D eigenvalue weighted by molar-refractivity contribution is 5.55. The van der Waals surface area contributed by atoms with Crippen LogP contribution in [-0.4, -0.2) is 87.5 Å². The molecule has 200 valence electrons. The maximum absolute atomic E-state index is 5.93. The smallest absolute Gasteiger partial charge is 0.129 e. The normalized spacial score (nSPS) is 30.1. The molecule has 2 aromatic rings. The van der Waals surface area contributed by atoms with Crippen molar-refractivity contribution in [1.82, 2.24) is 0 Å². The van der Waals surface area contributed by atoms with Crippen molar-refractivity contribution in [3.63, 3.8) is 0 Å². The van der Waals surface area contributed by atoms with E-state index in [0.29, 0.717) is 12.1 Å². The first-order chi connectivity index (χ1) is 16.3. The molecule has 3 aliphatic heterocycles. The van der Waals surface area contributed by atoms with Gasteiger partial charge in [0.1, 0.15) is 26.2 Å². The Morgan fingerprint density at radius 2 is 0.972 bits per heavy atom. The van der Waals surface area contributed by atoms with Crippen molar-refractivity contribution in [2.24, 2.45) is 0 Å². The average Bonchev–Trinajstić information content (AvgIpc) is 3.47. The molecule has 2 atom stereocenters. The van der Waals surface area contributed by atoms with Crippen LogP contribution in [0, 0.1) is 0 Å². The second-order valence-electron chi connectivity index (χ2n) is 11.7. The first-order valence-electron chi connectivity index (χ1n) is 13.2. The number of hydrogen-bond acceptors (Lipinski definition) is 4. The van der Waals surface area contributed by atoms with E-state index < -0.39 is 0 Å². The number of nitrogen functional groups attached to an aromatic ring is 2. The highest BCUT2D eigenvalue weighted by Crippen LogP contribution is 2.31. The maximum Gasteiger partial charge on any atom is 0.129 e. The van der Waals surface area contributed by atoms with Gasteiger partial charge in [-0.3, -0.25) is 0 Å². The second kappa shape index (κ2) is 11.7. The van der Waals surface area contributed by atoms with Crippen molar-refractivity contribution < 1.29 is 33.8 Å². The van der Waals surface area contributed by atoms with Gasteiger partial charge in [0.25, 0.3) is 0 Å². The molecule has 0 spiro atoms. The van der Waals surface area contributed by atoms with Crippen molar-refractivity contribution in [2.45, 2.75) is 37.8 Å². The summed E-state index contributed by atoms with van der Waals surface area (Å²) in [6, 6.07) is 18.3. The van der Waals surface area contributed by atoms with Crippen LogP contribution in [0.2, 0.25) is 0 Å². The summed E-state index contributed by atoms with van der Waals surface area (Å²) in [5.41, 5.74) is 16.2. The van der Waals surface area contributed by atoms with Crippen LogP contribution in [0.3, 0.4) is 0 Å². The lowest BCUT2D eigenvalue weighted by Gasteiger charge is -2.49. The number of nitrogens with zero attached hydrogens (tertiary/aromatic N) is 4. The first-order valence-corrected chi connectivity index (χ1v) is 13.2. The average molecular weight is 536 g/mol. The van der Waals surface area contributed by atoms with E-state index >= 15 is 0 Å². The molecular formula is C28H44Cl2N6. The molecule has 2 unspecified atom stereocenters. The number of anilines is 4. The molecule has 2 aromatic carbocycles. The van der Waals surface area contributed by atoms with Crippen LogP contribution in [0.25, 0.3) is 0 Å². The van der Waals surface area contributed by atoms with E-state index in [0.717, 1.165) is 11.4 Å². The summed E-state index contributed by atoms with van der Waals surface area (Å²) >= 11 is 0. The van der Waals surface area contributed by atoms with Gasteiger partial charge in [-0.1, -0.05) is 0 Å². The SMILES string of the molecule is C[N+]1(CC2CCCN2c2ccc(N)cc2)CC[N+](C)(CC2CCCN2c2ccc(N)cc2)CC1.[Cl-].[Cl-]. The maximum atomic E-state index is 5.93. The Bertz CT molecular complexity index is 880. The third-order valence-electron chi connectivity index (χ3n) is 8.87. The minimum Gasteiger partial charge on any atom is -1.00 e. The zero-order chi connectivity index (χ0) is 23.8. The van der Waals surface area contributed by atoms with Crippen molar-refractivity contribution in [3.05, 3.63) is 48.5 Å². The molecule has 3 heterocycles. The second-order valence-corrected chi connectivity index (χ2v) is 11.7. The Hall–Kier alpha value is -1.86. The number of rotatable bonds is 6. The van der Waals surface area contributed by atoms with E-state index in [1.165, 1.54) is 98.4 Å². The summed E-state index contributed by atoms with van der Waals surface area (Å²) in [7, 11) is 5.00. The van der Waals surface area contributed by atoms with E-state index in [-0.39, 0.29) is 24.8 Å². The Morgan fingerprint density at radius 1 is 0.639 bits per heavy atom. The fourth-order valence-corrected chi connectivity index (χ4v) is 6.63. The minimum atomic E-state index is 0. The standard InChI is InChI=1S/C28H44N6.2ClH/c1-33(21-27-5-3-15-31(27)25-11-7-23(29)8-12-25)17-19-34(2,20-18-33)22-28-6-4-16-32(28)26-13-9-24(30)10-14-26;;/h7-14,27-28H,3-6,15-22,29-30H2,1-2H3;2*1H/q+2;;/p-2. The number of likely N-dealkylation sites (N-methyl/N-ethyl adjacent to an activating group) is 2. The predicted octanol–water partition coefficient (Wildman–Crippen LogP) is -2.60. The quantitative estimate of drug-likeness (QED) is 0.315. The summed E-state index contributed by atoms with van der Waals surface area (Å²) in [4.78, 5) is 5.27. The summed E-state index contributed by atoms with van der Waals surface area (Å²) < 4.78 is 2.41. The van der Waals surface area contributed by atoms with Gasteiger partial charge in [-0.25, -0.2) is 0 Å². The number of halogens is 2. The van der Waals surface area contributed by atoms with E-state index in [1.54, 1.807) is 0 Å². The number of quaternary nitrogens is 2. The van der Waals surface area contributed by atoms with Crippen LogP contribution >= 0.6 is 0 Å². The lowest BCUT2D eigenvalue weighted by Crippen LogP contribution is -3.00. The van der Waals surface area contributed by atoms with Gasteiger partial charge in [-0.05, 0) is 74.2 Å². The van der Waals surface area contributed by atoms with Gasteiger partial charge in [-0.2, -0.15) is 0 Å². The third-order valence-corrected chi connectivity index (χ3v) is 8.87. The molecule has 0 radical (unpaired) electrons. The summed E-state index contributed by atoms with van der Waals surface area (Å²) in [5, 5.41) is 0. The molecule has 3 aliphatic rings. The number of nitrogens with two attached hydrogens (primary N) is 2. The van der Waals surface area contributed by atoms with Crippen LogP contribution in [0.15, 0.2) is 48.5 Å². The van der Waals surface area contributed by atoms with E-state index in [1.807, 2.05) is 24.3 Å². The molecule has 5 rings (SSSR count). The van der Waals surface area contributed by atoms with E-state index in [9.17, 15) is 0 Å². The van der Waals surface area contributed by atoms with Gasteiger partial charge in [0.15, 0.2) is 0 Å². The van der Waals surface area contributed by atoms with Gasteiger partial charge >= 0.3 is 0 Å². The van der Waals surface area contributed by atoms with Crippen LogP contribution in [-0.2, 0) is 0 Å². The van der Waals surface area contributed by atoms with Crippen molar-refractivity contribution in [1.29, 1.82) is 0 Å². The predicted molar refractivity (Wildman–Crippen MR) is 144 cm³/mol. The molecule has 4 N–H and O–H groups in total. The third kappa shape index (κ3) is 6.34. The van der Waals surface area contributed by atoms with Crippen molar-refractivity contribution in [2.75, 3.05) is 87.7 Å². The first kappa shape index (κ1) is 28.7. The Balaban J connectivity index is 0.00000180. The van der Waals surface area contributed by atoms with Crippen LogP contribution in [0.5, 0.6) is 0 Å². The Morgan fingerprint density at radius 3 is 1.31 bits per heavy atom. The summed E-state index contributed by atoms with van der Waals surface area (Å²) in [6.07, 6.45) is 5.21. The molecule has 3 saturated heterocycles. The lowest BCUT2D eigenvalue weighted by atomic mass is 10.1. The van der Waals surface area contributed by atoms with Crippen LogP contribution in [0.4, 0.5) is 22.7 Å². The van der Waals surface area contributed by atoms with Gasteiger partial charge in [-0.15, -0.1) is 0 Å². The highest BCUT2D eigenvalue weighted by atomic mass is 35.5. The Labute approximate surface area is 230 Å². The molecule has 6 nitrogen and oxygen atoms in total. The van der Waals surface area contributed by atoms with Crippen molar-refractivity contribution in [3.8, 4) is 0 Å². The molecule has 36 heavy (non-hydrogen) atoms. The van der Waals surface area contributed by atoms with E-state index in [2.05, 4.69) is 48.2 Å². The van der Waals surface area contributed by atoms with Crippen molar-refractivity contribution >= 4 is 22.7 Å². The van der Waals surface area contributed by atoms with Gasteiger partial charge in [0, 0.05) is 35.8 Å². The van der Waals surface area contributed by atoms with Crippen LogP contribution in [0.1, 0.15) is 25.7 Å². The number of piperazine rings is 1. The molecule has 0 amide bonds. The molecule has 0 aromatic heterocycles. The fourth-order valence-electron chi connectivity index (χ4n) is 6.63. The van der Waals surface area contributed by atoms with Gasteiger partial charge in [0.2, 0.25) is 0 Å². The zero-order valence-electron chi connectivity index (χ0n) is 22.0. The van der Waals surface area contributed by atoms with Gasteiger partial charge in [0.05, 0.1) is 39.3 Å². The zero-order valence-corrected chi connectivity index (χ0v) is 23.5. The number of benzene rings is 2. The van der Waals surface area contributed by atoms with Gasteiger partial charge < -0.3 is 55.0 Å². The molecule has 3 fully saturated rings. The molecular weight excluding hydrogens is 491 g/mol. The van der Waals surface area contributed by atoms with E-state index in [4.69, 9.17) is 11.5 Å². The fraction of sp³-hybridized carbons (Fsp3) is 0.571. The largest absolute Gasteiger partial charge is 1.00 e. The molecule has 0 bridgehead atoms. The summed E-state index contributed by atoms with van der Waals surface area (Å²) in [6.45, 7) is 9.95.